The Kier molecular flexibility index (Phi) is 4.94. The number of thiocarbonyl (C=S) groups is 1. The molecule has 2 aliphatic rings. The third kappa shape index (κ3) is 3.90. The molecule has 0 radical (unpaired) electrons. The van der Waals surface area contributed by atoms with Gasteiger partial charge < -0.3 is 20.6 Å². The molecule has 3 heterocycles. The van der Waals surface area contributed by atoms with Crippen LogP contribution in [0.5, 0.6) is 0 Å². The first-order valence-electron chi connectivity index (χ1n) is 9.91. The van der Waals surface area contributed by atoms with Crippen LogP contribution in [0.4, 0.5) is 24.7 Å². The summed E-state index contributed by atoms with van der Waals surface area (Å²) >= 11 is 5.23. The zero-order valence-corrected chi connectivity index (χ0v) is 17.0. The Morgan fingerprint density at radius 1 is 1.19 bits per heavy atom. The minimum atomic E-state index is -0.765. The van der Waals surface area contributed by atoms with Crippen molar-refractivity contribution in [3.05, 3.63) is 53.6 Å². The number of nitrogens with one attached hydrogen (secondary N) is 2. The molecule has 3 aromatic rings. The van der Waals surface area contributed by atoms with Crippen LogP contribution >= 0.6 is 12.2 Å². The molecule has 2 fully saturated rings. The van der Waals surface area contributed by atoms with E-state index < -0.39 is 29.7 Å². The lowest BCUT2D eigenvalue weighted by Crippen LogP contribution is -2.30. The molecule has 11 heteroatoms. The molecule has 3 N–H and O–H groups in total. The molecule has 0 amide bonds. The SMILES string of the molecule is O[C@@H]1C[C@H](c2cc(F)ccc2F)N(c2ccn3nc(F)c(NC(=S)NC4CC4)c3n2)C1. The first-order valence-corrected chi connectivity index (χ1v) is 10.3. The molecule has 1 saturated heterocycles. The Morgan fingerprint density at radius 3 is 2.77 bits per heavy atom. The summed E-state index contributed by atoms with van der Waals surface area (Å²) in [5, 5.41) is 20.2. The Balaban J connectivity index is 1.50. The molecular weight excluding hydrogens is 429 g/mol. The fourth-order valence-corrected chi connectivity index (χ4v) is 4.12. The van der Waals surface area contributed by atoms with E-state index in [0.717, 1.165) is 31.0 Å². The van der Waals surface area contributed by atoms with Crippen molar-refractivity contribution in [2.45, 2.75) is 37.5 Å². The number of aliphatic hydroxyl groups excluding tert-OH is 1. The summed E-state index contributed by atoms with van der Waals surface area (Å²) in [7, 11) is 0. The molecule has 0 unspecified atom stereocenters. The number of anilines is 2. The largest absolute Gasteiger partial charge is 0.391 e. The number of halogens is 3. The predicted octanol–water partition coefficient (Wildman–Crippen LogP) is 2.91. The summed E-state index contributed by atoms with van der Waals surface area (Å²) in [6.45, 7) is 0.171. The Hall–Kier alpha value is -2.92. The summed E-state index contributed by atoms with van der Waals surface area (Å²) in [5.41, 5.74) is 0.342. The van der Waals surface area contributed by atoms with Crippen molar-refractivity contribution in [3.8, 4) is 0 Å². The molecule has 162 valence electrons. The second kappa shape index (κ2) is 7.65. The number of β-amino-alcohol motifs (C(OH)–C–C–N with tert-alkyl or cyclic N) is 1. The topological polar surface area (TPSA) is 77.7 Å². The van der Waals surface area contributed by atoms with Crippen LogP contribution in [0.2, 0.25) is 0 Å². The van der Waals surface area contributed by atoms with Gasteiger partial charge in [0.05, 0.1) is 12.1 Å². The molecule has 0 bridgehead atoms. The van der Waals surface area contributed by atoms with E-state index in [1.807, 2.05) is 0 Å². The van der Waals surface area contributed by atoms with Crippen LogP contribution in [-0.2, 0) is 0 Å². The van der Waals surface area contributed by atoms with Crippen LogP contribution in [0, 0.1) is 17.6 Å². The zero-order chi connectivity index (χ0) is 21.7. The van der Waals surface area contributed by atoms with Gasteiger partial charge in [-0.05, 0) is 55.7 Å². The van der Waals surface area contributed by atoms with Gasteiger partial charge in [-0.3, -0.25) is 0 Å². The van der Waals surface area contributed by atoms with E-state index in [9.17, 15) is 18.3 Å². The second-order valence-electron chi connectivity index (χ2n) is 7.82. The van der Waals surface area contributed by atoms with Crippen LogP contribution in [-0.4, -0.2) is 43.5 Å². The molecule has 2 aromatic heterocycles. The fraction of sp³-hybridized carbons (Fsp3) is 0.350. The molecule has 5 rings (SSSR count). The van der Waals surface area contributed by atoms with Crippen molar-refractivity contribution in [1.29, 1.82) is 0 Å². The standard InChI is InChI=1S/C20H19F3N6OS/c21-10-1-4-14(22)13(7-10)15-8-12(30)9-28(15)16-5-6-29-19(25-16)17(18(23)27-29)26-20(31)24-11-2-3-11/h1,4-7,11-12,15,30H,2-3,8-9H2,(H2,24,26,31)/t12-,15-/m1/s1. The van der Waals surface area contributed by atoms with Gasteiger partial charge in [-0.1, -0.05) is 0 Å². The smallest absolute Gasteiger partial charge is 0.258 e. The number of rotatable bonds is 4. The maximum atomic E-state index is 14.5. The number of fused-ring (bicyclic) bond motifs is 1. The van der Waals surface area contributed by atoms with Crippen LogP contribution in [0.3, 0.4) is 0 Å². The van der Waals surface area contributed by atoms with E-state index in [1.165, 1.54) is 10.7 Å². The lowest BCUT2D eigenvalue weighted by Gasteiger charge is -2.26. The van der Waals surface area contributed by atoms with Gasteiger partial charge in [0.25, 0.3) is 5.95 Å². The zero-order valence-electron chi connectivity index (χ0n) is 16.2. The van der Waals surface area contributed by atoms with E-state index in [4.69, 9.17) is 12.2 Å². The maximum Gasteiger partial charge on any atom is 0.258 e. The predicted molar refractivity (Wildman–Crippen MR) is 112 cm³/mol. The summed E-state index contributed by atoms with van der Waals surface area (Å²) in [6.07, 6.45) is 3.00. The van der Waals surface area contributed by atoms with E-state index in [1.54, 1.807) is 11.0 Å². The number of hydrogen-bond acceptors (Lipinski definition) is 5. The number of nitrogens with zero attached hydrogens (tertiary/aromatic N) is 4. The van der Waals surface area contributed by atoms with Gasteiger partial charge in [-0.2, -0.15) is 4.39 Å². The Bertz CT molecular complexity index is 1170. The molecule has 1 aliphatic heterocycles. The normalized spacial score (nSPS) is 21.0. The number of hydrogen-bond donors (Lipinski definition) is 3. The molecule has 2 atom stereocenters. The van der Waals surface area contributed by atoms with Crippen molar-refractivity contribution in [2.24, 2.45) is 0 Å². The average molecular weight is 448 g/mol. The van der Waals surface area contributed by atoms with Gasteiger partial charge in [0.15, 0.2) is 10.8 Å². The van der Waals surface area contributed by atoms with Crippen LogP contribution in [0.15, 0.2) is 30.5 Å². The van der Waals surface area contributed by atoms with Gasteiger partial charge >= 0.3 is 0 Å². The maximum absolute atomic E-state index is 14.5. The van der Waals surface area contributed by atoms with Gasteiger partial charge in [-0.25, -0.2) is 18.3 Å². The third-order valence-corrected chi connectivity index (χ3v) is 5.69. The average Bonchev–Trinajstić information content (AvgIpc) is 3.38. The highest BCUT2D eigenvalue weighted by Gasteiger charge is 2.35. The summed E-state index contributed by atoms with van der Waals surface area (Å²) in [4.78, 5) is 6.18. The summed E-state index contributed by atoms with van der Waals surface area (Å²) < 4.78 is 43.9. The van der Waals surface area contributed by atoms with Crippen molar-refractivity contribution < 1.29 is 18.3 Å². The van der Waals surface area contributed by atoms with Gasteiger partial charge in [0, 0.05) is 24.3 Å². The summed E-state index contributed by atoms with van der Waals surface area (Å²) in [5.74, 6) is -1.52. The lowest BCUT2D eigenvalue weighted by atomic mass is 10.0. The Morgan fingerprint density at radius 2 is 2.00 bits per heavy atom. The number of benzene rings is 1. The van der Waals surface area contributed by atoms with E-state index in [0.29, 0.717) is 11.9 Å². The van der Waals surface area contributed by atoms with Crippen LogP contribution < -0.4 is 15.5 Å². The highest BCUT2D eigenvalue weighted by molar-refractivity contribution is 7.80. The second-order valence-corrected chi connectivity index (χ2v) is 8.22. The van der Waals surface area contributed by atoms with Crippen LogP contribution in [0.25, 0.3) is 5.65 Å². The van der Waals surface area contributed by atoms with Gasteiger partial charge in [-0.15, -0.1) is 5.10 Å². The monoisotopic (exact) mass is 448 g/mol. The third-order valence-electron chi connectivity index (χ3n) is 5.47. The molecule has 1 aliphatic carbocycles. The van der Waals surface area contributed by atoms with Crippen LogP contribution in [0.1, 0.15) is 30.9 Å². The molecule has 1 aromatic carbocycles. The fourth-order valence-electron chi connectivity index (χ4n) is 3.85. The molecule has 31 heavy (non-hydrogen) atoms. The van der Waals surface area contributed by atoms with E-state index in [2.05, 4.69) is 20.7 Å². The molecular formula is C20H19F3N6OS. The molecule has 0 spiro atoms. The highest BCUT2D eigenvalue weighted by atomic mass is 32.1. The lowest BCUT2D eigenvalue weighted by molar-refractivity contribution is 0.194. The molecule has 1 saturated carbocycles. The Labute approximate surface area is 180 Å². The first kappa shape index (κ1) is 20.0. The molecule has 7 nitrogen and oxygen atoms in total. The van der Waals surface area contributed by atoms with Gasteiger partial charge in [0.1, 0.15) is 23.1 Å². The van der Waals surface area contributed by atoms with Crippen molar-refractivity contribution >= 4 is 34.5 Å². The first-order chi connectivity index (χ1) is 14.9. The quantitative estimate of drug-likeness (QED) is 0.530. The summed E-state index contributed by atoms with van der Waals surface area (Å²) in [6, 6.07) is 4.49. The highest BCUT2D eigenvalue weighted by Crippen LogP contribution is 2.37. The minimum Gasteiger partial charge on any atom is -0.391 e. The van der Waals surface area contributed by atoms with Crippen molar-refractivity contribution in [3.63, 3.8) is 0 Å². The van der Waals surface area contributed by atoms with E-state index in [-0.39, 0.29) is 35.0 Å². The minimum absolute atomic E-state index is 0.0215. The van der Waals surface area contributed by atoms with Crippen molar-refractivity contribution in [1.82, 2.24) is 19.9 Å². The van der Waals surface area contributed by atoms with Crippen molar-refractivity contribution in [2.75, 3.05) is 16.8 Å². The number of aromatic nitrogens is 3. The van der Waals surface area contributed by atoms with E-state index >= 15 is 0 Å². The number of aliphatic hydroxyl groups is 1. The van der Waals surface area contributed by atoms with Gasteiger partial charge in [0.2, 0.25) is 0 Å².